The molecule has 11 heavy (non-hydrogen) atoms. The van der Waals surface area contributed by atoms with Gasteiger partial charge in [-0.3, -0.25) is 0 Å². The molecule has 0 bridgehead atoms. The zero-order chi connectivity index (χ0) is 8.32. The van der Waals surface area contributed by atoms with Gasteiger partial charge in [0.1, 0.15) is 0 Å². The minimum atomic E-state index is 0.472. The molecule has 0 aromatic carbocycles. The number of fused-ring (bicyclic) bond motifs is 1. The van der Waals surface area contributed by atoms with E-state index in [1.54, 1.807) is 0 Å². The first-order valence-electron chi connectivity index (χ1n) is 4.60. The van der Waals surface area contributed by atoms with Gasteiger partial charge in [-0.15, -0.1) is 0 Å². The first kappa shape index (κ1) is 9.01. The lowest BCUT2D eigenvalue weighted by atomic mass is 9.84. The van der Waals surface area contributed by atoms with Crippen molar-refractivity contribution in [3.05, 3.63) is 0 Å². The van der Waals surface area contributed by atoms with Crippen LogP contribution in [0.5, 0.6) is 0 Å². The van der Waals surface area contributed by atoms with Gasteiger partial charge >= 0.3 is 0 Å². The maximum atomic E-state index is 5.37. The summed E-state index contributed by atoms with van der Waals surface area (Å²) in [5.74, 6) is 0.789. The molecule has 2 heterocycles. The Kier molecular flexibility index (Phi) is 2.90. The summed E-state index contributed by atoms with van der Waals surface area (Å²) in [6.45, 7) is 10.6. The Morgan fingerprint density at radius 3 is 2.82 bits per heavy atom. The average molecular weight is 157 g/mol. The Hall–Kier alpha value is -0.0800. The van der Waals surface area contributed by atoms with E-state index >= 15 is 0 Å². The SMILES string of the molecule is CC.CC12CNCC1COC2. The zero-order valence-electron chi connectivity index (χ0n) is 7.81. The van der Waals surface area contributed by atoms with Crippen molar-refractivity contribution >= 4 is 0 Å². The molecule has 2 unspecified atom stereocenters. The van der Waals surface area contributed by atoms with Crippen molar-refractivity contribution in [2.75, 3.05) is 26.3 Å². The lowest BCUT2D eigenvalue weighted by molar-refractivity contribution is 0.158. The van der Waals surface area contributed by atoms with Crippen LogP contribution in [0.25, 0.3) is 0 Å². The lowest BCUT2D eigenvalue weighted by Gasteiger charge is -2.18. The lowest BCUT2D eigenvalue weighted by Crippen LogP contribution is -2.24. The highest BCUT2D eigenvalue weighted by Gasteiger charge is 2.43. The molecule has 2 fully saturated rings. The van der Waals surface area contributed by atoms with Gasteiger partial charge in [-0.2, -0.15) is 0 Å². The molecule has 2 heteroatoms. The van der Waals surface area contributed by atoms with Crippen molar-refractivity contribution < 1.29 is 4.74 Å². The molecule has 2 rings (SSSR count). The van der Waals surface area contributed by atoms with Crippen LogP contribution in [0.4, 0.5) is 0 Å². The fraction of sp³-hybridized carbons (Fsp3) is 1.00. The van der Waals surface area contributed by atoms with Crippen molar-refractivity contribution in [1.82, 2.24) is 5.32 Å². The van der Waals surface area contributed by atoms with Gasteiger partial charge < -0.3 is 10.1 Å². The molecule has 0 spiro atoms. The summed E-state index contributed by atoms with van der Waals surface area (Å²) in [6, 6.07) is 0. The van der Waals surface area contributed by atoms with Crippen molar-refractivity contribution in [2.24, 2.45) is 11.3 Å². The highest BCUT2D eigenvalue weighted by atomic mass is 16.5. The second-order valence-electron chi connectivity index (χ2n) is 3.50. The maximum absolute atomic E-state index is 5.37. The van der Waals surface area contributed by atoms with Crippen LogP contribution in [0, 0.1) is 11.3 Å². The highest BCUT2D eigenvalue weighted by Crippen LogP contribution is 2.36. The van der Waals surface area contributed by atoms with Gasteiger partial charge in [0.2, 0.25) is 0 Å². The van der Waals surface area contributed by atoms with Gasteiger partial charge in [-0.25, -0.2) is 0 Å². The monoisotopic (exact) mass is 157 g/mol. The fourth-order valence-electron chi connectivity index (χ4n) is 1.79. The summed E-state index contributed by atoms with van der Waals surface area (Å²) in [6.07, 6.45) is 0. The number of nitrogens with one attached hydrogen (secondary N) is 1. The highest BCUT2D eigenvalue weighted by molar-refractivity contribution is 4.94. The minimum Gasteiger partial charge on any atom is -0.380 e. The molecule has 0 aromatic heterocycles. The van der Waals surface area contributed by atoms with Crippen LogP contribution in [0.1, 0.15) is 20.8 Å². The quantitative estimate of drug-likeness (QED) is 0.571. The molecule has 2 aliphatic heterocycles. The predicted molar refractivity (Wildman–Crippen MR) is 46.6 cm³/mol. The van der Waals surface area contributed by atoms with E-state index in [0.29, 0.717) is 5.41 Å². The number of hydrogen-bond donors (Lipinski definition) is 1. The fourth-order valence-corrected chi connectivity index (χ4v) is 1.79. The summed E-state index contributed by atoms with van der Waals surface area (Å²) in [4.78, 5) is 0. The van der Waals surface area contributed by atoms with Gasteiger partial charge in [-0.1, -0.05) is 20.8 Å². The Morgan fingerprint density at radius 2 is 2.18 bits per heavy atom. The molecule has 0 saturated carbocycles. The number of ether oxygens (including phenoxy) is 1. The standard InChI is InChI=1S/C7H13NO.C2H6/c1-7-4-8-2-6(7)3-9-5-7;1-2/h6,8H,2-5H2,1H3;1-2H3. The van der Waals surface area contributed by atoms with E-state index in [2.05, 4.69) is 12.2 Å². The summed E-state index contributed by atoms with van der Waals surface area (Å²) >= 11 is 0. The van der Waals surface area contributed by atoms with Crippen LogP contribution in [0.3, 0.4) is 0 Å². The number of rotatable bonds is 0. The Bertz CT molecular complexity index is 115. The van der Waals surface area contributed by atoms with Crippen LogP contribution >= 0.6 is 0 Å². The van der Waals surface area contributed by atoms with Crippen molar-refractivity contribution in [1.29, 1.82) is 0 Å². The van der Waals surface area contributed by atoms with Crippen LogP contribution in [0.2, 0.25) is 0 Å². The Balaban J connectivity index is 0.000000281. The molecule has 0 aromatic rings. The maximum Gasteiger partial charge on any atom is 0.0536 e. The van der Waals surface area contributed by atoms with Gasteiger partial charge in [-0.05, 0) is 0 Å². The molecule has 1 N–H and O–H groups in total. The molecule has 2 nitrogen and oxygen atoms in total. The second-order valence-corrected chi connectivity index (χ2v) is 3.50. The third-order valence-corrected chi connectivity index (χ3v) is 2.66. The molecule has 0 aliphatic carbocycles. The first-order chi connectivity index (χ1) is 5.31. The minimum absolute atomic E-state index is 0.472. The third kappa shape index (κ3) is 1.57. The largest absolute Gasteiger partial charge is 0.380 e. The summed E-state index contributed by atoms with van der Waals surface area (Å²) in [7, 11) is 0. The molecule has 2 atom stereocenters. The van der Waals surface area contributed by atoms with Crippen molar-refractivity contribution in [2.45, 2.75) is 20.8 Å². The zero-order valence-corrected chi connectivity index (χ0v) is 7.81. The van der Waals surface area contributed by atoms with E-state index in [0.717, 1.165) is 32.2 Å². The molecule has 2 aliphatic rings. The summed E-state index contributed by atoms with van der Waals surface area (Å²) < 4.78 is 5.37. The van der Waals surface area contributed by atoms with E-state index in [9.17, 15) is 0 Å². The second kappa shape index (κ2) is 3.55. The topological polar surface area (TPSA) is 21.3 Å². The Morgan fingerprint density at radius 1 is 1.45 bits per heavy atom. The number of hydrogen-bond acceptors (Lipinski definition) is 2. The van der Waals surface area contributed by atoms with Crippen LogP contribution in [-0.4, -0.2) is 26.3 Å². The normalized spacial score (nSPS) is 41.2. The molecule has 2 saturated heterocycles. The van der Waals surface area contributed by atoms with Crippen LogP contribution in [-0.2, 0) is 4.74 Å². The van der Waals surface area contributed by atoms with Gasteiger partial charge in [0.15, 0.2) is 0 Å². The smallest absolute Gasteiger partial charge is 0.0536 e. The molecule has 0 radical (unpaired) electrons. The predicted octanol–water partition coefficient (Wildman–Crippen LogP) is 1.27. The Labute approximate surface area is 69.3 Å². The molecule has 0 amide bonds. The molecular formula is C9H19NO. The van der Waals surface area contributed by atoms with Crippen molar-refractivity contribution in [3.63, 3.8) is 0 Å². The van der Waals surface area contributed by atoms with E-state index in [1.165, 1.54) is 0 Å². The van der Waals surface area contributed by atoms with Gasteiger partial charge in [0.25, 0.3) is 0 Å². The van der Waals surface area contributed by atoms with E-state index < -0.39 is 0 Å². The van der Waals surface area contributed by atoms with Crippen LogP contribution in [0.15, 0.2) is 0 Å². The first-order valence-corrected chi connectivity index (χ1v) is 4.60. The molecular weight excluding hydrogens is 138 g/mol. The van der Waals surface area contributed by atoms with Crippen LogP contribution < -0.4 is 5.32 Å². The third-order valence-electron chi connectivity index (χ3n) is 2.66. The van der Waals surface area contributed by atoms with Gasteiger partial charge in [0, 0.05) is 24.4 Å². The van der Waals surface area contributed by atoms with E-state index in [4.69, 9.17) is 4.74 Å². The van der Waals surface area contributed by atoms with Crippen molar-refractivity contribution in [3.8, 4) is 0 Å². The van der Waals surface area contributed by atoms with E-state index in [-0.39, 0.29) is 0 Å². The van der Waals surface area contributed by atoms with E-state index in [1.807, 2.05) is 13.8 Å². The average Bonchev–Trinajstić information content (AvgIpc) is 2.49. The van der Waals surface area contributed by atoms with Gasteiger partial charge in [0.05, 0.1) is 13.2 Å². The molecule has 66 valence electrons. The summed E-state index contributed by atoms with van der Waals surface area (Å²) in [5, 5.41) is 3.38. The summed E-state index contributed by atoms with van der Waals surface area (Å²) in [5.41, 5.74) is 0.472.